The number of rotatable bonds is 9. The Balaban J connectivity index is 1.58. The minimum absolute atomic E-state index is 0.0676. The molecule has 3 aromatic rings. The number of pyridine rings is 1. The van der Waals surface area contributed by atoms with Crippen LogP contribution in [0.25, 0.3) is 11.1 Å². The van der Waals surface area contributed by atoms with Crippen molar-refractivity contribution in [2.24, 2.45) is 5.92 Å². The van der Waals surface area contributed by atoms with E-state index in [2.05, 4.69) is 37.0 Å². The maximum absolute atomic E-state index is 13.8. The van der Waals surface area contributed by atoms with Crippen molar-refractivity contribution in [2.45, 2.75) is 33.1 Å². The molecule has 0 bridgehead atoms. The highest BCUT2D eigenvalue weighted by Crippen LogP contribution is 2.32. The molecule has 1 heterocycles. The molecule has 0 radical (unpaired) electrons. The molecule has 0 unspecified atom stereocenters. The monoisotopic (exact) mass is 444 g/mol. The van der Waals surface area contributed by atoms with Gasteiger partial charge in [0.2, 0.25) is 0 Å². The second-order valence-corrected chi connectivity index (χ2v) is 8.85. The highest BCUT2D eigenvalue weighted by molar-refractivity contribution is 6.00. The summed E-state index contributed by atoms with van der Waals surface area (Å²) in [6.07, 6.45) is 6.66. The molecule has 0 spiro atoms. The number of ether oxygens (including phenoxy) is 2. The third-order valence-corrected chi connectivity index (χ3v) is 6.45. The molecule has 0 aliphatic heterocycles. The standard InChI is InChI=1S/C28H32N2O3/c1-19-5-9-23(15-20(19)2)25-17-29-13-11-24(25)28(31)30(18-22-6-7-22)14-12-21-8-10-26(32-3)27(16-21)33-4/h5,8-11,13,15-17,22H,6-7,12,14,18H2,1-4H3. The van der Waals surface area contributed by atoms with E-state index in [-0.39, 0.29) is 5.91 Å². The van der Waals surface area contributed by atoms with Crippen LogP contribution in [0.5, 0.6) is 11.5 Å². The maximum Gasteiger partial charge on any atom is 0.254 e. The zero-order valence-electron chi connectivity index (χ0n) is 19.9. The van der Waals surface area contributed by atoms with Crippen molar-refractivity contribution in [3.63, 3.8) is 0 Å². The first-order chi connectivity index (χ1) is 16.0. The van der Waals surface area contributed by atoms with E-state index in [4.69, 9.17) is 9.47 Å². The van der Waals surface area contributed by atoms with Crippen molar-refractivity contribution in [2.75, 3.05) is 27.3 Å². The van der Waals surface area contributed by atoms with Crippen molar-refractivity contribution < 1.29 is 14.3 Å². The number of nitrogens with zero attached hydrogens (tertiary/aromatic N) is 2. The lowest BCUT2D eigenvalue weighted by Gasteiger charge is -2.24. The maximum atomic E-state index is 13.8. The summed E-state index contributed by atoms with van der Waals surface area (Å²) >= 11 is 0. The lowest BCUT2D eigenvalue weighted by Crippen LogP contribution is -2.35. The van der Waals surface area contributed by atoms with E-state index in [0.29, 0.717) is 29.5 Å². The molecule has 0 N–H and O–H groups in total. The number of amides is 1. The Morgan fingerprint density at radius 3 is 2.48 bits per heavy atom. The Morgan fingerprint density at radius 1 is 1.00 bits per heavy atom. The molecule has 1 aromatic heterocycles. The smallest absolute Gasteiger partial charge is 0.254 e. The van der Waals surface area contributed by atoms with Crippen molar-refractivity contribution >= 4 is 5.91 Å². The number of benzene rings is 2. The lowest BCUT2D eigenvalue weighted by atomic mass is 9.97. The minimum atomic E-state index is 0.0676. The Labute approximate surface area is 196 Å². The first-order valence-electron chi connectivity index (χ1n) is 11.5. The number of hydrogen-bond donors (Lipinski definition) is 0. The predicted octanol–water partition coefficient (Wildman–Crippen LogP) is 5.48. The molecule has 1 aliphatic rings. The normalized spacial score (nSPS) is 13.0. The number of carbonyl (C=O) groups excluding carboxylic acids is 1. The molecule has 33 heavy (non-hydrogen) atoms. The summed E-state index contributed by atoms with van der Waals surface area (Å²) in [5.41, 5.74) is 6.18. The topological polar surface area (TPSA) is 51.7 Å². The van der Waals surface area contributed by atoms with Crippen LogP contribution in [-0.4, -0.2) is 43.1 Å². The third kappa shape index (κ3) is 5.36. The highest BCUT2D eigenvalue weighted by Gasteiger charge is 2.28. The molecule has 5 nitrogen and oxygen atoms in total. The van der Waals surface area contributed by atoms with E-state index in [1.165, 1.54) is 24.0 Å². The average molecular weight is 445 g/mol. The van der Waals surface area contributed by atoms with Gasteiger partial charge in [0.15, 0.2) is 11.5 Å². The van der Waals surface area contributed by atoms with Gasteiger partial charge in [-0.3, -0.25) is 9.78 Å². The molecule has 1 aliphatic carbocycles. The fraction of sp³-hybridized carbons (Fsp3) is 0.357. The summed E-state index contributed by atoms with van der Waals surface area (Å²) in [6.45, 7) is 5.64. The van der Waals surface area contributed by atoms with E-state index in [1.54, 1.807) is 26.6 Å². The molecule has 0 atom stereocenters. The summed E-state index contributed by atoms with van der Waals surface area (Å²) < 4.78 is 10.8. The van der Waals surface area contributed by atoms with Gasteiger partial charge >= 0.3 is 0 Å². The quantitative estimate of drug-likeness (QED) is 0.439. The van der Waals surface area contributed by atoms with Gasteiger partial charge in [-0.05, 0) is 79.5 Å². The summed E-state index contributed by atoms with van der Waals surface area (Å²) in [4.78, 5) is 20.1. The first kappa shape index (κ1) is 22.8. The van der Waals surface area contributed by atoms with Crippen LogP contribution in [0.2, 0.25) is 0 Å². The van der Waals surface area contributed by atoms with E-state index in [1.807, 2.05) is 29.2 Å². The third-order valence-electron chi connectivity index (χ3n) is 6.45. The van der Waals surface area contributed by atoms with Gasteiger partial charge in [-0.25, -0.2) is 0 Å². The van der Waals surface area contributed by atoms with Gasteiger partial charge in [0, 0.05) is 31.0 Å². The number of carbonyl (C=O) groups is 1. The molecular weight excluding hydrogens is 412 g/mol. The minimum Gasteiger partial charge on any atom is -0.493 e. The zero-order chi connectivity index (χ0) is 23.4. The van der Waals surface area contributed by atoms with Gasteiger partial charge in [0.25, 0.3) is 5.91 Å². The van der Waals surface area contributed by atoms with Crippen molar-refractivity contribution in [1.29, 1.82) is 0 Å². The van der Waals surface area contributed by atoms with Crippen LogP contribution in [0.4, 0.5) is 0 Å². The second-order valence-electron chi connectivity index (χ2n) is 8.85. The van der Waals surface area contributed by atoms with Gasteiger partial charge in [-0.15, -0.1) is 0 Å². The van der Waals surface area contributed by atoms with Gasteiger partial charge in [0.05, 0.1) is 19.8 Å². The number of methoxy groups -OCH3 is 2. The lowest BCUT2D eigenvalue weighted by molar-refractivity contribution is 0.0750. The average Bonchev–Trinajstić information content (AvgIpc) is 3.67. The SMILES string of the molecule is COc1ccc(CCN(CC2CC2)C(=O)c2ccncc2-c2ccc(C)c(C)c2)cc1OC. The summed E-state index contributed by atoms with van der Waals surface area (Å²) in [7, 11) is 3.28. The molecule has 5 heteroatoms. The van der Waals surface area contributed by atoms with Crippen LogP contribution >= 0.6 is 0 Å². The van der Waals surface area contributed by atoms with Crippen molar-refractivity contribution in [3.05, 3.63) is 77.1 Å². The summed E-state index contributed by atoms with van der Waals surface area (Å²) in [5.74, 6) is 2.09. The van der Waals surface area contributed by atoms with Crippen molar-refractivity contribution in [3.8, 4) is 22.6 Å². The second kappa shape index (κ2) is 10.1. The first-order valence-corrected chi connectivity index (χ1v) is 11.5. The molecule has 1 amide bonds. The Bertz CT molecular complexity index is 1140. The number of aromatic nitrogens is 1. The fourth-order valence-electron chi connectivity index (χ4n) is 4.08. The molecule has 1 fully saturated rings. The molecule has 1 saturated carbocycles. The highest BCUT2D eigenvalue weighted by atomic mass is 16.5. The molecule has 2 aromatic carbocycles. The van der Waals surface area contributed by atoms with E-state index >= 15 is 0 Å². The fourth-order valence-corrected chi connectivity index (χ4v) is 4.08. The summed E-state index contributed by atoms with van der Waals surface area (Å²) in [5, 5.41) is 0. The van der Waals surface area contributed by atoms with E-state index < -0.39 is 0 Å². The van der Waals surface area contributed by atoms with Crippen LogP contribution < -0.4 is 9.47 Å². The van der Waals surface area contributed by atoms with E-state index in [9.17, 15) is 4.79 Å². The Morgan fingerprint density at radius 2 is 1.79 bits per heavy atom. The molecule has 172 valence electrons. The molecule has 4 rings (SSSR count). The van der Waals surface area contributed by atoms with Crippen LogP contribution in [0, 0.1) is 19.8 Å². The zero-order valence-corrected chi connectivity index (χ0v) is 19.9. The Kier molecular flexibility index (Phi) is 6.97. The van der Waals surface area contributed by atoms with Gasteiger partial charge in [-0.1, -0.05) is 24.3 Å². The number of hydrogen-bond acceptors (Lipinski definition) is 4. The van der Waals surface area contributed by atoms with Gasteiger partial charge in [-0.2, -0.15) is 0 Å². The molecular formula is C28H32N2O3. The van der Waals surface area contributed by atoms with Gasteiger partial charge in [0.1, 0.15) is 0 Å². The van der Waals surface area contributed by atoms with Gasteiger partial charge < -0.3 is 14.4 Å². The van der Waals surface area contributed by atoms with Crippen molar-refractivity contribution in [1.82, 2.24) is 9.88 Å². The van der Waals surface area contributed by atoms with Crippen LogP contribution in [0.3, 0.4) is 0 Å². The van der Waals surface area contributed by atoms with Crippen LogP contribution in [0.15, 0.2) is 54.9 Å². The van der Waals surface area contributed by atoms with Crippen LogP contribution in [0.1, 0.15) is 39.9 Å². The van der Waals surface area contributed by atoms with Crippen LogP contribution in [-0.2, 0) is 6.42 Å². The van der Waals surface area contributed by atoms with E-state index in [0.717, 1.165) is 29.7 Å². The number of aryl methyl sites for hydroxylation is 2. The summed E-state index contributed by atoms with van der Waals surface area (Å²) in [6, 6.07) is 14.1. The predicted molar refractivity (Wildman–Crippen MR) is 131 cm³/mol. The molecule has 0 saturated heterocycles. The largest absolute Gasteiger partial charge is 0.493 e. The Hall–Kier alpha value is -3.34.